The molecule has 0 saturated carbocycles. The van der Waals surface area contributed by atoms with Gasteiger partial charge in [-0.15, -0.1) is 0 Å². The van der Waals surface area contributed by atoms with E-state index in [0.717, 1.165) is 24.4 Å². The first-order valence-electron chi connectivity index (χ1n) is 8.31. The van der Waals surface area contributed by atoms with Gasteiger partial charge in [-0.05, 0) is 25.3 Å². The third-order valence-electron chi connectivity index (χ3n) is 4.33. The molecule has 1 atom stereocenters. The van der Waals surface area contributed by atoms with Crippen LogP contribution < -0.4 is 10.6 Å². The number of hydrogen-bond donors (Lipinski definition) is 3. The van der Waals surface area contributed by atoms with Crippen molar-refractivity contribution >= 4 is 34.4 Å². The zero-order chi connectivity index (χ0) is 18.1. The van der Waals surface area contributed by atoms with Crippen molar-refractivity contribution in [2.75, 3.05) is 11.9 Å². The highest BCUT2D eigenvalue weighted by atomic mass is 35.5. The van der Waals surface area contributed by atoms with Gasteiger partial charge in [0.25, 0.3) is 0 Å². The van der Waals surface area contributed by atoms with Crippen LogP contribution in [0.4, 0.5) is 10.2 Å². The Labute approximate surface area is 153 Å². The molecule has 4 rings (SSSR count). The fraction of sp³-hybridized carbons (Fsp3) is 0.294. The van der Waals surface area contributed by atoms with Crippen molar-refractivity contribution < 1.29 is 9.18 Å². The zero-order valence-corrected chi connectivity index (χ0v) is 14.5. The molecule has 0 unspecified atom stereocenters. The maximum atomic E-state index is 14.2. The monoisotopic (exact) mass is 374 g/mol. The molecule has 1 saturated heterocycles. The average molecular weight is 375 g/mol. The van der Waals surface area contributed by atoms with Gasteiger partial charge < -0.3 is 15.6 Å². The molecule has 3 aromatic rings. The molecule has 1 fully saturated rings. The number of H-pyrrole nitrogens is 1. The Bertz CT molecular complexity index is 975. The number of nitrogens with one attached hydrogen (secondary N) is 3. The minimum absolute atomic E-state index is 0.00128. The molecule has 1 amide bonds. The van der Waals surface area contributed by atoms with Gasteiger partial charge in [0, 0.05) is 29.9 Å². The summed E-state index contributed by atoms with van der Waals surface area (Å²) < 4.78 is 14.2. The highest BCUT2D eigenvalue weighted by Gasteiger charge is 2.23. The standard InChI is InChI=1S/C17H16ClFN6O/c18-9-5-10-11(7-22-14(10)21-6-9)15-23-8-12(19)16(25-15)24-13-3-1-2-4-20-17(13)26/h5-8,13H,1-4H2,(H,20,26)(H,21,22)(H,23,24,25)/t13-/m0/s1. The summed E-state index contributed by atoms with van der Waals surface area (Å²) in [5, 5.41) is 6.94. The molecule has 3 aromatic heterocycles. The molecular weight excluding hydrogens is 359 g/mol. The van der Waals surface area contributed by atoms with Gasteiger partial charge in [-0.2, -0.15) is 0 Å². The molecule has 1 aliphatic rings. The maximum Gasteiger partial charge on any atom is 0.242 e. The van der Waals surface area contributed by atoms with Crippen LogP contribution in [0.1, 0.15) is 19.3 Å². The molecular formula is C17H16ClFN6O. The van der Waals surface area contributed by atoms with Crippen molar-refractivity contribution in [3.05, 3.63) is 35.5 Å². The van der Waals surface area contributed by atoms with Crippen molar-refractivity contribution in [2.45, 2.75) is 25.3 Å². The number of carbonyl (C=O) groups is 1. The number of aromatic nitrogens is 4. The highest BCUT2D eigenvalue weighted by Crippen LogP contribution is 2.28. The SMILES string of the molecule is O=C1NCCCC[C@@H]1Nc1nc(-c2c[nH]c3ncc(Cl)cc23)ncc1F. The van der Waals surface area contributed by atoms with Gasteiger partial charge in [-0.25, -0.2) is 19.3 Å². The minimum Gasteiger partial charge on any atom is -0.356 e. The number of aromatic amines is 1. The molecule has 26 heavy (non-hydrogen) atoms. The third-order valence-corrected chi connectivity index (χ3v) is 4.54. The minimum atomic E-state index is -0.609. The normalized spacial score (nSPS) is 17.8. The fourth-order valence-electron chi connectivity index (χ4n) is 3.00. The summed E-state index contributed by atoms with van der Waals surface area (Å²) in [5.74, 6) is -0.438. The number of pyridine rings is 1. The van der Waals surface area contributed by atoms with Crippen LogP contribution in [0.3, 0.4) is 0 Å². The fourth-order valence-corrected chi connectivity index (χ4v) is 3.16. The first kappa shape index (κ1) is 16.7. The van der Waals surface area contributed by atoms with E-state index < -0.39 is 11.9 Å². The van der Waals surface area contributed by atoms with Gasteiger partial charge in [-0.1, -0.05) is 11.6 Å². The van der Waals surface area contributed by atoms with Crippen LogP contribution in [0.5, 0.6) is 0 Å². The Kier molecular flexibility index (Phi) is 4.42. The largest absolute Gasteiger partial charge is 0.356 e. The second kappa shape index (κ2) is 6.87. The van der Waals surface area contributed by atoms with Crippen LogP contribution in [-0.4, -0.2) is 38.4 Å². The summed E-state index contributed by atoms with van der Waals surface area (Å²) in [6.45, 7) is 0.637. The molecule has 3 N–H and O–H groups in total. The van der Waals surface area contributed by atoms with Gasteiger partial charge in [0.2, 0.25) is 5.91 Å². The van der Waals surface area contributed by atoms with Crippen LogP contribution >= 0.6 is 11.6 Å². The van der Waals surface area contributed by atoms with Gasteiger partial charge >= 0.3 is 0 Å². The summed E-state index contributed by atoms with van der Waals surface area (Å²) >= 11 is 6.02. The number of amides is 1. The van der Waals surface area contributed by atoms with Crippen LogP contribution in [-0.2, 0) is 4.79 Å². The molecule has 4 heterocycles. The molecule has 0 aromatic carbocycles. The van der Waals surface area contributed by atoms with Crippen molar-refractivity contribution in [1.29, 1.82) is 0 Å². The lowest BCUT2D eigenvalue weighted by atomic mass is 10.1. The van der Waals surface area contributed by atoms with E-state index in [-0.39, 0.29) is 11.7 Å². The van der Waals surface area contributed by atoms with Crippen LogP contribution in [0.25, 0.3) is 22.4 Å². The van der Waals surface area contributed by atoms with E-state index >= 15 is 0 Å². The second-order valence-corrected chi connectivity index (χ2v) is 6.56. The number of fused-ring (bicyclic) bond motifs is 1. The van der Waals surface area contributed by atoms with E-state index in [1.54, 1.807) is 12.3 Å². The Morgan fingerprint density at radius 3 is 3.04 bits per heavy atom. The van der Waals surface area contributed by atoms with Crippen molar-refractivity contribution in [3.63, 3.8) is 0 Å². The quantitative estimate of drug-likeness (QED) is 0.655. The summed E-state index contributed by atoms with van der Waals surface area (Å²) in [6.07, 6.45) is 6.73. The van der Waals surface area contributed by atoms with E-state index in [1.807, 2.05) is 0 Å². The molecule has 0 radical (unpaired) electrons. The predicted molar refractivity (Wildman–Crippen MR) is 96.4 cm³/mol. The zero-order valence-electron chi connectivity index (χ0n) is 13.7. The van der Waals surface area contributed by atoms with Crippen LogP contribution in [0.2, 0.25) is 5.02 Å². The Balaban J connectivity index is 1.69. The van der Waals surface area contributed by atoms with E-state index in [0.29, 0.717) is 35.0 Å². The van der Waals surface area contributed by atoms with Gasteiger partial charge in [0.15, 0.2) is 17.5 Å². The summed E-state index contributed by atoms with van der Waals surface area (Å²) in [5.41, 5.74) is 1.29. The van der Waals surface area contributed by atoms with Crippen molar-refractivity contribution in [2.24, 2.45) is 0 Å². The summed E-state index contributed by atoms with van der Waals surface area (Å²) in [7, 11) is 0. The number of carbonyl (C=O) groups excluding carboxylic acids is 1. The smallest absolute Gasteiger partial charge is 0.242 e. The van der Waals surface area contributed by atoms with Gasteiger partial charge in [-0.3, -0.25) is 4.79 Å². The lowest BCUT2D eigenvalue weighted by molar-refractivity contribution is -0.121. The first-order chi connectivity index (χ1) is 12.6. The summed E-state index contributed by atoms with van der Waals surface area (Å²) in [6, 6.07) is 1.22. The molecule has 7 nitrogen and oxygen atoms in total. The lowest BCUT2D eigenvalue weighted by Gasteiger charge is -2.16. The lowest BCUT2D eigenvalue weighted by Crippen LogP contribution is -2.38. The molecule has 0 bridgehead atoms. The maximum absolute atomic E-state index is 14.2. The van der Waals surface area contributed by atoms with E-state index in [1.165, 1.54) is 6.20 Å². The number of hydrogen-bond acceptors (Lipinski definition) is 5. The van der Waals surface area contributed by atoms with Crippen molar-refractivity contribution in [3.8, 4) is 11.4 Å². The number of anilines is 1. The average Bonchev–Trinajstić information content (AvgIpc) is 2.94. The van der Waals surface area contributed by atoms with Gasteiger partial charge in [0.05, 0.1) is 11.2 Å². The van der Waals surface area contributed by atoms with E-state index in [4.69, 9.17) is 11.6 Å². The van der Waals surface area contributed by atoms with Crippen molar-refractivity contribution in [1.82, 2.24) is 25.3 Å². The molecule has 0 aliphatic carbocycles. The number of halogens is 2. The molecule has 0 spiro atoms. The number of nitrogens with zero attached hydrogens (tertiary/aromatic N) is 3. The molecule has 134 valence electrons. The van der Waals surface area contributed by atoms with Crippen LogP contribution in [0, 0.1) is 5.82 Å². The van der Waals surface area contributed by atoms with Crippen LogP contribution in [0.15, 0.2) is 24.7 Å². The van der Waals surface area contributed by atoms with E-state index in [9.17, 15) is 9.18 Å². The Hall–Kier alpha value is -2.74. The number of rotatable bonds is 3. The van der Waals surface area contributed by atoms with E-state index in [2.05, 4.69) is 30.6 Å². The predicted octanol–water partition coefficient (Wildman–Crippen LogP) is 2.89. The second-order valence-electron chi connectivity index (χ2n) is 6.13. The summed E-state index contributed by atoms with van der Waals surface area (Å²) in [4.78, 5) is 27.7. The first-order valence-corrected chi connectivity index (χ1v) is 8.69. The topological polar surface area (TPSA) is 95.6 Å². The molecule has 9 heteroatoms. The van der Waals surface area contributed by atoms with Gasteiger partial charge in [0.1, 0.15) is 11.7 Å². The highest BCUT2D eigenvalue weighted by molar-refractivity contribution is 6.31. The third kappa shape index (κ3) is 3.20. The Morgan fingerprint density at radius 1 is 1.27 bits per heavy atom. The molecule has 1 aliphatic heterocycles. The Morgan fingerprint density at radius 2 is 2.15 bits per heavy atom.